The summed E-state index contributed by atoms with van der Waals surface area (Å²) >= 11 is 7.02. The third-order valence-corrected chi connectivity index (χ3v) is 8.91. The van der Waals surface area contributed by atoms with E-state index in [-0.39, 0.29) is 23.1 Å². The molecule has 1 unspecified atom stereocenters. The van der Waals surface area contributed by atoms with E-state index in [1.54, 1.807) is 4.57 Å². The van der Waals surface area contributed by atoms with Gasteiger partial charge in [-0.25, -0.2) is 0 Å². The largest absolute Gasteiger partial charge is 0.357 e. The van der Waals surface area contributed by atoms with Crippen molar-refractivity contribution in [2.75, 3.05) is 18.0 Å². The zero-order valence-electron chi connectivity index (χ0n) is 21.1. The summed E-state index contributed by atoms with van der Waals surface area (Å²) in [7, 11) is 0. The standard InChI is InChI=1S/C27H36N4O2S2/c1-4-5-14-30-24(29-13-9-10-18(2)17-29)21(19(3)22(16-28)25(30)32)15-23-26(33)31(27(34)35-23)20-11-7-6-8-12-20/h15,18,20H,4-14,17H2,1-3H3/b23-15+. The van der Waals surface area contributed by atoms with Gasteiger partial charge in [0, 0.05) is 31.2 Å². The lowest BCUT2D eigenvalue weighted by molar-refractivity contribution is -0.124. The number of thiocarbonyl (C=S) groups is 1. The molecule has 3 heterocycles. The first-order valence-electron chi connectivity index (χ1n) is 13.1. The number of piperidine rings is 1. The third kappa shape index (κ3) is 5.22. The van der Waals surface area contributed by atoms with E-state index in [1.165, 1.54) is 24.6 Å². The summed E-state index contributed by atoms with van der Waals surface area (Å²) in [6, 6.07) is 2.34. The van der Waals surface area contributed by atoms with Gasteiger partial charge in [0.25, 0.3) is 11.5 Å². The molecule has 188 valence electrons. The minimum Gasteiger partial charge on any atom is -0.357 e. The highest BCUT2D eigenvalue weighted by molar-refractivity contribution is 8.26. The van der Waals surface area contributed by atoms with Gasteiger partial charge in [-0.05, 0) is 56.6 Å². The van der Waals surface area contributed by atoms with Crippen LogP contribution in [0.1, 0.15) is 88.3 Å². The van der Waals surface area contributed by atoms with Crippen LogP contribution in [0.15, 0.2) is 9.70 Å². The third-order valence-electron chi connectivity index (χ3n) is 7.58. The van der Waals surface area contributed by atoms with E-state index < -0.39 is 0 Å². The zero-order chi connectivity index (χ0) is 25.1. The Kier molecular flexibility index (Phi) is 8.38. The van der Waals surface area contributed by atoms with Crippen LogP contribution in [-0.2, 0) is 11.3 Å². The SMILES string of the molecule is CCCCn1c(N2CCCC(C)C2)c(/C=C2/SC(=S)N(C3CCCCC3)C2=O)c(C)c(C#N)c1=O. The number of aromatic nitrogens is 1. The molecule has 1 aliphatic carbocycles. The van der Waals surface area contributed by atoms with Gasteiger partial charge in [0.2, 0.25) is 0 Å². The molecular weight excluding hydrogens is 476 g/mol. The van der Waals surface area contributed by atoms with Crippen molar-refractivity contribution < 1.29 is 4.79 Å². The quantitative estimate of drug-likeness (QED) is 0.365. The number of amides is 1. The van der Waals surface area contributed by atoms with Crippen molar-refractivity contribution in [3.05, 3.63) is 31.9 Å². The van der Waals surface area contributed by atoms with Crippen LogP contribution in [0.3, 0.4) is 0 Å². The highest BCUT2D eigenvalue weighted by Gasteiger charge is 2.38. The fourth-order valence-electron chi connectivity index (χ4n) is 5.66. The Morgan fingerprint density at radius 2 is 1.91 bits per heavy atom. The summed E-state index contributed by atoms with van der Waals surface area (Å²) in [5.41, 5.74) is 1.42. The lowest BCUT2D eigenvalue weighted by atomic mass is 9.94. The summed E-state index contributed by atoms with van der Waals surface area (Å²) in [6.07, 6.45) is 11.4. The smallest absolute Gasteiger partial charge is 0.270 e. The topological polar surface area (TPSA) is 69.3 Å². The Labute approximate surface area is 218 Å². The molecule has 0 aromatic carbocycles. The van der Waals surface area contributed by atoms with Gasteiger partial charge in [-0.1, -0.05) is 63.5 Å². The predicted octanol–water partition coefficient (Wildman–Crippen LogP) is 5.60. The molecule has 0 bridgehead atoms. The maximum absolute atomic E-state index is 13.6. The summed E-state index contributed by atoms with van der Waals surface area (Å²) in [4.78, 5) is 31.7. The second-order valence-electron chi connectivity index (χ2n) is 10.2. The first kappa shape index (κ1) is 26.0. The predicted molar refractivity (Wildman–Crippen MR) is 148 cm³/mol. The van der Waals surface area contributed by atoms with Crippen LogP contribution < -0.4 is 10.5 Å². The van der Waals surface area contributed by atoms with Crippen molar-refractivity contribution in [1.82, 2.24) is 9.47 Å². The van der Waals surface area contributed by atoms with Gasteiger partial charge in [0.05, 0.1) is 4.91 Å². The second-order valence-corrected chi connectivity index (χ2v) is 11.9. The van der Waals surface area contributed by atoms with Crippen LogP contribution in [0.25, 0.3) is 6.08 Å². The van der Waals surface area contributed by atoms with Crippen molar-refractivity contribution in [2.45, 2.75) is 91.1 Å². The fraction of sp³-hybridized carbons (Fsp3) is 0.630. The molecule has 6 nitrogen and oxygen atoms in total. The zero-order valence-corrected chi connectivity index (χ0v) is 22.8. The molecule has 2 aliphatic heterocycles. The first-order chi connectivity index (χ1) is 16.9. The van der Waals surface area contributed by atoms with Gasteiger partial charge in [-0.2, -0.15) is 5.26 Å². The van der Waals surface area contributed by atoms with E-state index in [9.17, 15) is 14.9 Å². The van der Waals surface area contributed by atoms with Crippen molar-refractivity contribution >= 4 is 46.1 Å². The van der Waals surface area contributed by atoms with E-state index in [1.807, 2.05) is 17.9 Å². The highest BCUT2D eigenvalue weighted by Crippen LogP contribution is 2.39. The number of thioether (sulfide) groups is 1. The molecule has 1 saturated carbocycles. The number of anilines is 1. The second kappa shape index (κ2) is 11.3. The summed E-state index contributed by atoms with van der Waals surface area (Å²) < 4.78 is 2.42. The molecule has 1 aromatic heterocycles. The van der Waals surface area contributed by atoms with Crippen molar-refractivity contribution in [1.29, 1.82) is 5.26 Å². The van der Waals surface area contributed by atoms with Crippen LogP contribution in [0, 0.1) is 24.2 Å². The van der Waals surface area contributed by atoms with Crippen LogP contribution in [0.5, 0.6) is 0 Å². The van der Waals surface area contributed by atoms with Crippen LogP contribution >= 0.6 is 24.0 Å². The molecule has 0 N–H and O–H groups in total. The van der Waals surface area contributed by atoms with Crippen molar-refractivity contribution in [3.8, 4) is 6.07 Å². The first-order valence-corrected chi connectivity index (χ1v) is 14.3. The van der Waals surface area contributed by atoms with E-state index in [0.29, 0.717) is 27.3 Å². The van der Waals surface area contributed by atoms with E-state index >= 15 is 0 Å². The Balaban J connectivity index is 1.85. The molecule has 3 aliphatic rings. The monoisotopic (exact) mass is 512 g/mol. The average molecular weight is 513 g/mol. The summed E-state index contributed by atoms with van der Waals surface area (Å²) in [5, 5.41) is 9.89. The molecule has 8 heteroatoms. The lowest BCUT2D eigenvalue weighted by Crippen LogP contribution is -2.40. The van der Waals surface area contributed by atoms with Gasteiger partial charge < -0.3 is 4.90 Å². The van der Waals surface area contributed by atoms with Crippen molar-refractivity contribution in [2.24, 2.45) is 5.92 Å². The van der Waals surface area contributed by atoms with Crippen LogP contribution in [-0.4, -0.2) is 38.8 Å². The summed E-state index contributed by atoms with van der Waals surface area (Å²) in [5.74, 6) is 1.34. The minimum atomic E-state index is -0.224. The summed E-state index contributed by atoms with van der Waals surface area (Å²) in [6.45, 7) is 8.48. The lowest BCUT2D eigenvalue weighted by Gasteiger charge is -2.36. The Morgan fingerprint density at radius 1 is 1.17 bits per heavy atom. The molecule has 35 heavy (non-hydrogen) atoms. The van der Waals surface area contributed by atoms with E-state index in [2.05, 4.69) is 24.8 Å². The number of nitrogens with zero attached hydrogens (tertiary/aromatic N) is 4. The normalized spacial score (nSPS) is 22.8. The van der Waals surface area contributed by atoms with Gasteiger partial charge in [0.15, 0.2) is 0 Å². The van der Waals surface area contributed by atoms with Gasteiger partial charge in [0.1, 0.15) is 21.8 Å². The van der Waals surface area contributed by atoms with Gasteiger partial charge >= 0.3 is 0 Å². The van der Waals surface area contributed by atoms with Crippen molar-refractivity contribution in [3.63, 3.8) is 0 Å². The van der Waals surface area contributed by atoms with Crippen LogP contribution in [0.4, 0.5) is 5.82 Å². The molecular formula is C27H36N4O2S2. The maximum Gasteiger partial charge on any atom is 0.270 e. The number of carbonyl (C=O) groups is 1. The minimum absolute atomic E-state index is 0.0333. The number of carbonyl (C=O) groups excluding carboxylic acids is 1. The highest BCUT2D eigenvalue weighted by atomic mass is 32.2. The number of nitriles is 1. The maximum atomic E-state index is 13.6. The molecule has 0 radical (unpaired) electrons. The van der Waals surface area contributed by atoms with Gasteiger partial charge in [-0.15, -0.1) is 0 Å². The molecule has 3 fully saturated rings. The fourth-order valence-corrected chi connectivity index (χ4v) is 7.04. The molecule has 1 aromatic rings. The van der Waals surface area contributed by atoms with E-state index in [0.717, 1.165) is 69.4 Å². The number of hydrogen-bond acceptors (Lipinski definition) is 6. The van der Waals surface area contributed by atoms with Crippen LogP contribution in [0.2, 0.25) is 0 Å². The molecule has 1 amide bonds. The Hall–Kier alpha value is -2.11. The number of hydrogen-bond donors (Lipinski definition) is 0. The Morgan fingerprint density at radius 3 is 2.57 bits per heavy atom. The van der Waals surface area contributed by atoms with Gasteiger partial charge in [-0.3, -0.25) is 19.1 Å². The van der Waals surface area contributed by atoms with E-state index in [4.69, 9.17) is 12.2 Å². The molecule has 2 saturated heterocycles. The number of unbranched alkanes of at least 4 members (excludes halogenated alkanes) is 1. The average Bonchev–Trinajstić information content (AvgIpc) is 3.13. The molecule has 1 atom stereocenters. The Bertz CT molecular complexity index is 1130. The number of pyridine rings is 1. The molecule has 4 rings (SSSR count). The molecule has 0 spiro atoms. The number of rotatable bonds is 6.